The van der Waals surface area contributed by atoms with Crippen molar-refractivity contribution < 1.29 is 9.47 Å². The van der Waals surface area contributed by atoms with Crippen molar-refractivity contribution in [2.75, 3.05) is 6.61 Å². The molecule has 72 valence electrons. The van der Waals surface area contributed by atoms with Crippen LogP contribution >= 0.6 is 0 Å². The van der Waals surface area contributed by atoms with Gasteiger partial charge >= 0.3 is 0 Å². The summed E-state index contributed by atoms with van der Waals surface area (Å²) in [6.07, 6.45) is 5.56. The summed E-state index contributed by atoms with van der Waals surface area (Å²) in [6, 6.07) is 10.1. The summed E-state index contributed by atoms with van der Waals surface area (Å²) in [6.45, 7) is 1.28. The van der Waals surface area contributed by atoms with Gasteiger partial charge in [-0.05, 0) is 11.6 Å². The van der Waals surface area contributed by atoms with Crippen LogP contribution in [0.5, 0.6) is 0 Å². The molecule has 0 bridgehead atoms. The van der Waals surface area contributed by atoms with E-state index in [1.807, 2.05) is 30.4 Å². The third-order valence-electron chi connectivity index (χ3n) is 1.86. The SMILES string of the molecule is C(=CC1=CO1)COCc1ccccc1. The Hall–Kier alpha value is -1.54. The van der Waals surface area contributed by atoms with Gasteiger partial charge < -0.3 is 9.47 Å². The predicted octanol–water partition coefficient (Wildman–Crippen LogP) is 2.63. The van der Waals surface area contributed by atoms with Gasteiger partial charge in [0.1, 0.15) is 6.26 Å². The Balaban J connectivity index is 1.65. The van der Waals surface area contributed by atoms with Crippen LogP contribution in [0.2, 0.25) is 0 Å². The van der Waals surface area contributed by atoms with Crippen molar-refractivity contribution in [1.29, 1.82) is 0 Å². The van der Waals surface area contributed by atoms with Crippen molar-refractivity contribution in [3.05, 3.63) is 60.1 Å². The van der Waals surface area contributed by atoms with Crippen LogP contribution < -0.4 is 0 Å². The number of hydrogen-bond acceptors (Lipinski definition) is 2. The molecule has 0 aromatic heterocycles. The molecular weight excluding hydrogens is 176 g/mol. The summed E-state index contributed by atoms with van der Waals surface area (Å²) >= 11 is 0. The lowest BCUT2D eigenvalue weighted by molar-refractivity contribution is 0.148. The first-order valence-electron chi connectivity index (χ1n) is 4.60. The van der Waals surface area contributed by atoms with E-state index in [4.69, 9.17) is 9.47 Å². The van der Waals surface area contributed by atoms with E-state index in [1.54, 1.807) is 6.26 Å². The predicted molar refractivity (Wildman–Crippen MR) is 54.4 cm³/mol. The minimum absolute atomic E-state index is 0.621. The molecule has 0 saturated heterocycles. The molecule has 1 aromatic carbocycles. The molecule has 0 aliphatic carbocycles. The molecule has 0 N–H and O–H groups in total. The highest BCUT2D eigenvalue weighted by atomic mass is 16.5. The van der Waals surface area contributed by atoms with Gasteiger partial charge in [-0.2, -0.15) is 0 Å². The van der Waals surface area contributed by atoms with Gasteiger partial charge in [0.25, 0.3) is 0 Å². The number of rotatable bonds is 5. The Morgan fingerprint density at radius 2 is 2.00 bits per heavy atom. The van der Waals surface area contributed by atoms with Crippen molar-refractivity contribution >= 4 is 0 Å². The molecule has 0 fully saturated rings. The quantitative estimate of drug-likeness (QED) is 0.662. The maximum Gasteiger partial charge on any atom is 0.161 e. The minimum Gasteiger partial charge on any atom is -0.458 e. The minimum atomic E-state index is 0.621. The van der Waals surface area contributed by atoms with Crippen molar-refractivity contribution in [3.63, 3.8) is 0 Å². The van der Waals surface area contributed by atoms with Crippen molar-refractivity contribution in [2.45, 2.75) is 6.61 Å². The fraction of sp³-hybridized carbons (Fsp3) is 0.167. The molecule has 2 heteroatoms. The summed E-state index contributed by atoms with van der Waals surface area (Å²) in [5, 5.41) is 0. The Morgan fingerprint density at radius 1 is 1.21 bits per heavy atom. The van der Waals surface area contributed by atoms with Gasteiger partial charge in [-0.25, -0.2) is 0 Å². The summed E-state index contributed by atoms with van der Waals surface area (Å²) in [4.78, 5) is 0. The van der Waals surface area contributed by atoms with E-state index in [0.717, 1.165) is 5.76 Å². The van der Waals surface area contributed by atoms with E-state index < -0.39 is 0 Å². The third-order valence-corrected chi connectivity index (χ3v) is 1.86. The molecule has 1 heterocycles. The molecule has 0 spiro atoms. The van der Waals surface area contributed by atoms with Crippen molar-refractivity contribution in [3.8, 4) is 0 Å². The van der Waals surface area contributed by atoms with Gasteiger partial charge in [0.05, 0.1) is 13.2 Å². The lowest BCUT2D eigenvalue weighted by Gasteiger charge is -1.99. The largest absolute Gasteiger partial charge is 0.458 e. The normalized spacial score (nSPS) is 13.9. The van der Waals surface area contributed by atoms with Crippen LogP contribution in [-0.2, 0) is 16.1 Å². The molecule has 14 heavy (non-hydrogen) atoms. The zero-order chi connectivity index (χ0) is 9.64. The molecule has 0 amide bonds. The lowest BCUT2D eigenvalue weighted by atomic mass is 10.2. The number of benzene rings is 1. The fourth-order valence-corrected chi connectivity index (χ4v) is 1.10. The van der Waals surface area contributed by atoms with E-state index in [2.05, 4.69) is 12.1 Å². The number of allylic oxidation sites excluding steroid dienone is 1. The molecule has 1 aliphatic rings. The summed E-state index contributed by atoms with van der Waals surface area (Å²) < 4.78 is 10.3. The van der Waals surface area contributed by atoms with E-state index in [0.29, 0.717) is 13.2 Å². The second-order valence-corrected chi connectivity index (χ2v) is 3.04. The molecule has 1 aliphatic heterocycles. The average Bonchev–Trinajstić information content (AvgIpc) is 3.03. The molecule has 0 unspecified atom stereocenters. The molecule has 1 aromatic rings. The van der Waals surface area contributed by atoms with Crippen molar-refractivity contribution in [1.82, 2.24) is 0 Å². The van der Waals surface area contributed by atoms with Crippen LogP contribution in [0, 0.1) is 0 Å². The van der Waals surface area contributed by atoms with Gasteiger partial charge in [-0.15, -0.1) is 0 Å². The Labute approximate surface area is 83.5 Å². The zero-order valence-electron chi connectivity index (χ0n) is 7.85. The first-order valence-corrected chi connectivity index (χ1v) is 4.60. The smallest absolute Gasteiger partial charge is 0.161 e. The topological polar surface area (TPSA) is 21.8 Å². The highest BCUT2D eigenvalue weighted by Crippen LogP contribution is 2.13. The Morgan fingerprint density at radius 3 is 2.71 bits per heavy atom. The molecular formula is C12H12O2. The van der Waals surface area contributed by atoms with E-state index in [1.165, 1.54) is 5.56 Å². The second kappa shape index (κ2) is 4.63. The Kier molecular flexibility index (Phi) is 2.99. The van der Waals surface area contributed by atoms with E-state index in [-0.39, 0.29) is 0 Å². The van der Waals surface area contributed by atoms with E-state index in [9.17, 15) is 0 Å². The van der Waals surface area contributed by atoms with Gasteiger partial charge in [0, 0.05) is 0 Å². The van der Waals surface area contributed by atoms with Crippen LogP contribution in [0.1, 0.15) is 5.56 Å². The maximum atomic E-state index is 5.43. The monoisotopic (exact) mass is 188 g/mol. The van der Waals surface area contributed by atoms with Gasteiger partial charge in [0.15, 0.2) is 5.76 Å². The zero-order valence-corrected chi connectivity index (χ0v) is 7.85. The molecule has 0 radical (unpaired) electrons. The standard InChI is InChI=1S/C12H12O2/c1-2-5-11(6-3-1)9-13-8-4-7-12-10-14-12/h1-7,10H,8-9H2. The van der Waals surface area contributed by atoms with Crippen LogP contribution in [0.3, 0.4) is 0 Å². The van der Waals surface area contributed by atoms with Crippen LogP contribution in [0.25, 0.3) is 0 Å². The van der Waals surface area contributed by atoms with Gasteiger partial charge in [-0.1, -0.05) is 36.4 Å². The van der Waals surface area contributed by atoms with Crippen molar-refractivity contribution in [2.24, 2.45) is 0 Å². The molecule has 2 nitrogen and oxygen atoms in total. The molecule has 0 saturated carbocycles. The Bertz CT molecular complexity index is 339. The summed E-state index contributed by atoms with van der Waals surface area (Å²) in [7, 11) is 0. The summed E-state index contributed by atoms with van der Waals surface area (Å²) in [5.74, 6) is 0.924. The number of hydrogen-bond donors (Lipinski definition) is 0. The highest BCUT2D eigenvalue weighted by Gasteiger charge is 2.02. The lowest BCUT2D eigenvalue weighted by Crippen LogP contribution is -1.91. The first-order chi connectivity index (χ1) is 6.95. The van der Waals surface area contributed by atoms with Crippen LogP contribution in [-0.4, -0.2) is 6.61 Å². The molecule has 2 rings (SSSR count). The summed E-state index contributed by atoms with van der Waals surface area (Å²) in [5.41, 5.74) is 1.20. The molecule has 0 atom stereocenters. The number of ether oxygens (including phenoxy) is 2. The fourth-order valence-electron chi connectivity index (χ4n) is 1.10. The van der Waals surface area contributed by atoms with E-state index >= 15 is 0 Å². The second-order valence-electron chi connectivity index (χ2n) is 3.04. The first kappa shape index (κ1) is 9.03. The van der Waals surface area contributed by atoms with Crippen LogP contribution in [0.4, 0.5) is 0 Å². The third kappa shape index (κ3) is 3.07. The van der Waals surface area contributed by atoms with Gasteiger partial charge in [-0.3, -0.25) is 0 Å². The maximum absolute atomic E-state index is 5.43. The van der Waals surface area contributed by atoms with Gasteiger partial charge in [0.2, 0.25) is 0 Å². The highest BCUT2D eigenvalue weighted by molar-refractivity contribution is 5.19. The average molecular weight is 188 g/mol. The van der Waals surface area contributed by atoms with Crippen LogP contribution in [0.15, 0.2) is 54.5 Å².